The van der Waals surface area contributed by atoms with Crippen LogP contribution in [-0.4, -0.2) is 63.4 Å². The number of anilines is 1. The normalized spacial score (nSPS) is 16.8. The molecule has 1 N–H and O–H groups in total. The van der Waals surface area contributed by atoms with Crippen molar-refractivity contribution in [1.29, 1.82) is 0 Å². The third kappa shape index (κ3) is 4.03. The molecule has 3 aromatic rings. The first-order valence-corrected chi connectivity index (χ1v) is 10.7. The fourth-order valence-electron chi connectivity index (χ4n) is 3.99. The second kappa shape index (κ2) is 7.77. The molecule has 1 saturated carbocycles. The van der Waals surface area contributed by atoms with Crippen LogP contribution in [0.3, 0.4) is 0 Å². The summed E-state index contributed by atoms with van der Waals surface area (Å²) < 4.78 is 1.77. The Labute approximate surface area is 180 Å². The number of nitrogens with one attached hydrogen (secondary N) is 1. The number of rotatable bonds is 6. The molecule has 1 aliphatic heterocycles. The van der Waals surface area contributed by atoms with Gasteiger partial charge in [-0.05, 0) is 30.5 Å². The molecule has 0 radical (unpaired) electrons. The molecule has 1 aromatic carbocycles. The lowest BCUT2D eigenvalue weighted by Gasteiger charge is -2.39. The van der Waals surface area contributed by atoms with Crippen molar-refractivity contribution >= 4 is 23.4 Å². The Morgan fingerprint density at radius 3 is 2.48 bits per heavy atom. The van der Waals surface area contributed by atoms with Crippen molar-refractivity contribution in [2.24, 2.45) is 11.8 Å². The smallest absolute Gasteiger partial charge is 0.249 e. The largest absolute Gasteiger partial charge is 0.348 e. The predicted molar refractivity (Wildman–Crippen MR) is 117 cm³/mol. The summed E-state index contributed by atoms with van der Waals surface area (Å²) in [4.78, 5) is 32.4. The lowest BCUT2D eigenvalue weighted by molar-refractivity contribution is -0.138. The second-order valence-electron chi connectivity index (χ2n) is 8.70. The number of carbonyl (C=O) groups excluding carboxylic acids is 2. The number of carbonyl (C=O) groups is 2. The molecule has 0 unspecified atom stereocenters. The van der Waals surface area contributed by atoms with Crippen molar-refractivity contribution in [2.45, 2.75) is 19.4 Å². The molecule has 31 heavy (non-hydrogen) atoms. The molecule has 2 fully saturated rings. The van der Waals surface area contributed by atoms with Crippen molar-refractivity contribution in [3.05, 3.63) is 48.0 Å². The summed E-state index contributed by atoms with van der Waals surface area (Å²) in [7, 11) is 3.62. The van der Waals surface area contributed by atoms with Gasteiger partial charge in [0.05, 0.1) is 11.6 Å². The Morgan fingerprint density at radius 2 is 1.81 bits per heavy atom. The molecule has 1 saturated heterocycles. The van der Waals surface area contributed by atoms with E-state index in [2.05, 4.69) is 44.6 Å². The zero-order valence-corrected chi connectivity index (χ0v) is 17.8. The highest BCUT2D eigenvalue weighted by molar-refractivity contribution is 5.92. The minimum atomic E-state index is 0.00215. The topological polar surface area (TPSA) is 82.8 Å². The third-order valence-corrected chi connectivity index (χ3v) is 5.95. The quantitative estimate of drug-likeness (QED) is 0.664. The predicted octanol–water partition coefficient (Wildman–Crippen LogP) is 2.26. The molecule has 2 aliphatic rings. The summed E-state index contributed by atoms with van der Waals surface area (Å²) in [5.41, 5.74) is 3.86. The Balaban J connectivity index is 1.28. The van der Waals surface area contributed by atoms with Gasteiger partial charge in [-0.1, -0.05) is 30.3 Å². The number of pyridine rings is 1. The van der Waals surface area contributed by atoms with Gasteiger partial charge in [-0.3, -0.25) is 19.8 Å². The van der Waals surface area contributed by atoms with Crippen LogP contribution < -0.4 is 5.32 Å². The van der Waals surface area contributed by atoms with Gasteiger partial charge in [0.1, 0.15) is 0 Å². The van der Waals surface area contributed by atoms with E-state index in [1.165, 1.54) is 5.56 Å². The number of likely N-dealkylation sites (tertiary alicyclic amines) is 1. The molecule has 160 valence electrons. The van der Waals surface area contributed by atoms with Gasteiger partial charge in [0, 0.05) is 45.2 Å². The van der Waals surface area contributed by atoms with Crippen LogP contribution in [0.5, 0.6) is 0 Å². The Kier molecular flexibility index (Phi) is 4.94. The van der Waals surface area contributed by atoms with Crippen LogP contribution in [0.25, 0.3) is 16.9 Å². The van der Waals surface area contributed by atoms with Crippen LogP contribution in [0, 0.1) is 11.8 Å². The van der Waals surface area contributed by atoms with Crippen molar-refractivity contribution in [3.8, 4) is 11.3 Å². The minimum Gasteiger partial charge on any atom is -0.348 e. The zero-order chi connectivity index (χ0) is 21.5. The Morgan fingerprint density at radius 1 is 1.06 bits per heavy atom. The summed E-state index contributed by atoms with van der Waals surface area (Å²) >= 11 is 0. The van der Waals surface area contributed by atoms with Crippen molar-refractivity contribution in [1.82, 2.24) is 24.4 Å². The van der Waals surface area contributed by atoms with Gasteiger partial charge < -0.3 is 4.90 Å². The number of hydrogen-bond donors (Lipinski definition) is 1. The van der Waals surface area contributed by atoms with Gasteiger partial charge in [0.2, 0.25) is 17.8 Å². The van der Waals surface area contributed by atoms with E-state index < -0.39 is 0 Å². The Bertz CT molecular complexity index is 1130. The fourth-order valence-corrected chi connectivity index (χ4v) is 3.99. The van der Waals surface area contributed by atoms with E-state index in [4.69, 9.17) is 0 Å². The average Bonchev–Trinajstić information content (AvgIpc) is 3.50. The highest BCUT2D eigenvalue weighted by atomic mass is 16.2. The number of fused-ring (bicyclic) bond motifs is 1. The molecular weight excluding hydrogens is 392 g/mol. The monoisotopic (exact) mass is 418 g/mol. The highest BCUT2D eigenvalue weighted by Crippen LogP contribution is 2.30. The van der Waals surface area contributed by atoms with Crippen LogP contribution in [-0.2, 0) is 16.1 Å². The molecule has 0 bridgehead atoms. The van der Waals surface area contributed by atoms with Crippen LogP contribution in [0.4, 0.5) is 5.95 Å². The molecule has 0 atom stereocenters. The van der Waals surface area contributed by atoms with Crippen LogP contribution in [0.1, 0.15) is 18.4 Å². The zero-order valence-electron chi connectivity index (χ0n) is 17.8. The standard InChI is InChI=1S/C23H26N6O2/c1-27(2)22(31)18-13-28(14-18)12-15-6-8-16(9-7-15)19-4-3-5-20-24-23(26-29(19)20)25-21(30)17-10-11-17/h3-9,17-18H,10-14H2,1-2H3,(H,25,26,30). The molecule has 8 nitrogen and oxygen atoms in total. The third-order valence-electron chi connectivity index (χ3n) is 5.95. The summed E-state index contributed by atoms with van der Waals surface area (Å²) in [6.07, 6.45) is 1.89. The summed E-state index contributed by atoms with van der Waals surface area (Å²) in [6, 6.07) is 14.2. The maximum absolute atomic E-state index is 12.0. The summed E-state index contributed by atoms with van der Waals surface area (Å²) in [6.45, 7) is 2.46. The number of aromatic nitrogens is 3. The van der Waals surface area contributed by atoms with Gasteiger partial charge in [0.15, 0.2) is 5.65 Å². The van der Waals surface area contributed by atoms with Crippen LogP contribution in [0.15, 0.2) is 42.5 Å². The Hall–Kier alpha value is -3.26. The highest BCUT2D eigenvalue weighted by Gasteiger charge is 2.33. The second-order valence-corrected chi connectivity index (χ2v) is 8.70. The number of benzene rings is 1. The van der Waals surface area contributed by atoms with E-state index in [9.17, 15) is 9.59 Å². The van der Waals surface area contributed by atoms with Crippen LogP contribution in [0.2, 0.25) is 0 Å². The fraction of sp³-hybridized carbons (Fsp3) is 0.391. The lowest BCUT2D eigenvalue weighted by atomic mass is 9.97. The first kappa shape index (κ1) is 19.7. The summed E-state index contributed by atoms with van der Waals surface area (Å²) in [5.74, 6) is 0.790. The summed E-state index contributed by atoms with van der Waals surface area (Å²) in [5, 5.41) is 7.32. The molecule has 5 rings (SSSR count). The first-order chi connectivity index (χ1) is 15.0. The molecule has 8 heteroatoms. The minimum absolute atomic E-state index is 0.00215. The number of nitrogens with zero attached hydrogens (tertiary/aromatic N) is 5. The van der Waals surface area contributed by atoms with Gasteiger partial charge in [-0.15, -0.1) is 5.10 Å². The molecule has 1 aliphatic carbocycles. The van der Waals surface area contributed by atoms with E-state index in [0.29, 0.717) is 11.6 Å². The van der Waals surface area contributed by atoms with Gasteiger partial charge in [-0.2, -0.15) is 4.98 Å². The number of amides is 2. The van der Waals surface area contributed by atoms with Crippen molar-refractivity contribution < 1.29 is 9.59 Å². The van der Waals surface area contributed by atoms with Gasteiger partial charge in [-0.25, -0.2) is 4.52 Å². The van der Waals surface area contributed by atoms with E-state index in [-0.39, 0.29) is 23.7 Å². The molecule has 3 heterocycles. The van der Waals surface area contributed by atoms with Gasteiger partial charge in [0.25, 0.3) is 0 Å². The van der Waals surface area contributed by atoms with E-state index in [1.54, 1.807) is 9.42 Å². The molecular formula is C23H26N6O2. The SMILES string of the molecule is CN(C)C(=O)C1CN(Cc2ccc(-c3cccc4nc(NC(=O)C5CC5)nn34)cc2)C1. The number of hydrogen-bond acceptors (Lipinski definition) is 5. The van der Waals surface area contributed by atoms with Gasteiger partial charge >= 0.3 is 0 Å². The molecule has 2 aromatic heterocycles. The molecule has 0 spiro atoms. The maximum Gasteiger partial charge on any atom is 0.249 e. The van der Waals surface area contributed by atoms with E-state index in [1.807, 2.05) is 32.3 Å². The first-order valence-electron chi connectivity index (χ1n) is 10.7. The molecule has 2 amide bonds. The van der Waals surface area contributed by atoms with E-state index >= 15 is 0 Å². The maximum atomic E-state index is 12.0. The van der Waals surface area contributed by atoms with Crippen LogP contribution >= 0.6 is 0 Å². The van der Waals surface area contributed by atoms with E-state index in [0.717, 1.165) is 43.7 Å². The van der Waals surface area contributed by atoms with Crippen molar-refractivity contribution in [3.63, 3.8) is 0 Å². The lowest BCUT2D eigenvalue weighted by Crippen LogP contribution is -2.52. The average molecular weight is 419 g/mol. The van der Waals surface area contributed by atoms with Crippen molar-refractivity contribution in [2.75, 3.05) is 32.5 Å².